The van der Waals surface area contributed by atoms with Gasteiger partial charge in [-0.2, -0.15) is 95.5 Å². The fraction of sp³-hybridized carbons (Fsp3) is 0.550. The minimum absolute atomic E-state index is 0. The van der Waals surface area contributed by atoms with Crippen LogP contribution in [-0.4, -0.2) is 147 Å². The van der Waals surface area contributed by atoms with Crippen molar-refractivity contribution in [3.8, 4) is 0 Å². The Labute approximate surface area is 426 Å². The first-order valence-electron chi connectivity index (χ1n) is 19.0. The Morgan fingerprint density at radius 1 is 0.403 bits per heavy atom. The van der Waals surface area contributed by atoms with Crippen LogP contribution < -0.4 is 10.9 Å². The first kappa shape index (κ1) is 72.1. The topological polar surface area (TPSA) is 156 Å². The average Bonchev–Trinajstić information content (AvgIpc) is 4.02. The number of benzene rings is 1. The fourth-order valence-corrected chi connectivity index (χ4v) is 6.48. The van der Waals surface area contributed by atoms with Crippen molar-refractivity contribution in [1.82, 2.24) is 38.8 Å². The molecule has 14 nitrogen and oxygen atoms in total. The monoisotopic (exact) mass is 1010 g/mol. The van der Waals surface area contributed by atoms with Gasteiger partial charge in [0.1, 0.15) is 0 Å². The van der Waals surface area contributed by atoms with Gasteiger partial charge < -0.3 is 50.3 Å². The third-order valence-electron chi connectivity index (χ3n) is 7.91. The summed E-state index contributed by atoms with van der Waals surface area (Å²) in [4.78, 5) is 0. The molecule has 0 amide bonds. The van der Waals surface area contributed by atoms with Crippen molar-refractivity contribution in [2.45, 2.75) is 52.2 Å². The molecule has 5 rings (SSSR count). The zero-order valence-corrected chi connectivity index (χ0v) is 46.7. The molecule has 0 fully saturated rings. The third kappa shape index (κ3) is 23.6. The fourth-order valence-electron chi connectivity index (χ4n) is 6.48. The Balaban J connectivity index is -0.000000253. The molecule has 0 saturated carbocycles. The van der Waals surface area contributed by atoms with Crippen LogP contribution in [0.5, 0.6) is 0 Å². The normalized spacial score (nSPS) is 10.0. The van der Waals surface area contributed by atoms with Crippen LogP contribution in [0.1, 0.15) is 41.5 Å². The molecule has 0 unspecified atom stereocenters. The van der Waals surface area contributed by atoms with E-state index in [0.717, 1.165) is 10.9 Å². The van der Waals surface area contributed by atoms with Crippen LogP contribution in [0.2, 0.25) is 10.6 Å². The van der Waals surface area contributed by atoms with Crippen LogP contribution in [-0.2, 0) is 43.4 Å². The summed E-state index contributed by atoms with van der Waals surface area (Å²) in [7, 11) is 21.0. The predicted molar refractivity (Wildman–Crippen MR) is 272 cm³/mol. The molecule has 0 aliphatic rings. The molecule has 0 aliphatic heterocycles. The van der Waals surface area contributed by atoms with E-state index < -0.39 is 12.8 Å². The van der Waals surface area contributed by atoms with Crippen LogP contribution in [0.3, 0.4) is 0 Å². The molecule has 0 N–H and O–H groups in total. The van der Waals surface area contributed by atoms with Crippen LogP contribution in [0.15, 0.2) is 98.1 Å². The molecule has 22 heteroatoms. The minimum Gasteiger partial charge on any atom is -0.668 e. The van der Waals surface area contributed by atoms with E-state index in [1.54, 1.807) is 84.6 Å². The summed E-state index contributed by atoms with van der Waals surface area (Å²) in [6, 6.07) is 16.8. The van der Waals surface area contributed by atoms with Gasteiger partial charge in [0.15, 0.2) is 0 Å². The molecule has 0 radical (unpaired) electrons. The van der Waals surface area contributed by atoms with E-state index >= 15 is 0 Å². The second-order valence-corrected chi connectivity index (χ2v) is 16.4. The molecule has 5 aromatic rings. The van der Waals surface area contributed by atoms with Crippen molar-refractivity contribution < 1.29 is 43.4 Å². The second kappa shape index (κ2) is 43.4. The van der Waals surface area contributed by atoms with Gasteiger partial charge in [-0.15, -0.1) is 57.0 Å². The Morgan fingerprint density at radius 3 is 0.645 bits per heavy atom. The number of rotatable bonds is 6. The molecule has 4 heterocycles. The van der Waals surface area contributed by atoms with Crippen LogP contribution in [0, 0.1) is 0 Å². The quantitative estimate of drug-likeness (QED) is 0.123. The van der Waals surface area contributed by atoms with Crippen LogP contribution >= 0.6 is 46.4 Å². The van der Waals surface area contributed by atoms with Crippen LogP contribution in [0.25, 0.3) is 31.9 Å². The third-order valence-corrected chi connectivity index (χ3v) is 7.91. The zero-order chi connectivity index (χ0) is 47.3. The molecule has 0 aliphatic carbocycles. The van der Waals surface area contributed by atoms with Crippen molar-refractivity contribution in [3.63, 3.8) is 0 Å². The molecule has 0 atom stereocenters. The molecular formula is C40H74B2Cl4N14Ti2. The molecule has 0 saturated heterocycles. The van der Waals surface area contributed by atoms with Crippen molar-refractivity contribution >= 4 is 70.2 Å². The summed E-state index contributed by atoms with van der Waals surface area (Å²) in [6.45, 7) is 13.5. The van der Waals surface area contributed by atoms with Gasteiger partial charge >= 0.3 is 43.4 Å². The van der Waals surface area contributed by atoms with E-state index in [4.69, 9.17) is 66.8 Å². The van der Waals surface area contributed by atoms with Crippen LogP contribution in [0.4, 0.5) is 0 Å². The van der Waals surface area contributed by atoms with Crippen molar-refractivity contribution in [2.24, 2.45) is 0 Å². The summed E-state index contributed by atoms with van der Waals surface area (Å²) in [6.07, 6.45) is 12.3. The summed E-state index contributed by atoms with van der Waals surface area (Å²) >= 11 is 19.1. The van der Waals surface area contributed by atoms with Gasteiger partial charge in [-0.3, -0.25) is 0 Å². The Bertz CT molecular complexity index is 1360. The van der Waals surface area contributed by atoms with E-state index in [1.807, 2.05) is 73.8 Å². The number of hydrogen-bond donors (Lipinski definition) is 0. The van der Waals surface area contributed by atoms with Gasteiger partial charge in [-0.1, -0.05) is 65.8 Å². The number of nitrogens with zero attached hydrogens (tertiary/aromatic N) is 14. The maximum Gasteiger partial charge on any atom is 4.00 e. The second-order valence-electron chi connectivity index (χ2n) is 14.8. The van der Waals surface area contributed by atoms with Gasteiger partial charge in [-0.05, 0) is 49.1 Å². The summed E-state index contributed by atoms with van der Waals surface area (Å²) < 4.78 is 8.30. The minimum atomic E-state index is -1.59. The largest absolute Gasteiger partial charge is 4.00 e. The number of alkyl halides is 4. The van der Waals surface area contributed by atoms with Gasteiger partial charge in [0.05, 0.1) is 10.7 Å². The van der Waals surface area contributed by atoms with Crippen molar-refractivity contribution in [1.29, 1.82) is 0 Å². The maximum atomic E-state index is 4.76. The van der Waals surface area contributed by atoms with Gasteiger partial charge in [0, 0.05) is 24.8 Å². The summed E-state index contributed by atoms with van der Waals surface area (Å²) in [5, 5.41) is 39.9. The molecule has 4 aromatic heterocycles. The van der Waals surface area contributed by atoms with Gasteiger partial charge in [-0.25, -0.2) is 20.4 Å². The first-order valence-corrected chi connectivity index (χ1v) is 21.1. The van der Waals surface area contributed by atoms with Gasteiger partial charge in [0.2, 0.25) is 0 Å². The number of halogens is 4. The molecule has 0 bridgehead atoms. The predicted octanol–water partition coefficient (Wildman–Crippen LogP) is 10.1. The van der Waals surface area contributed by atoms with E-state index in [0.29, 0.717) is 0 Å². The summed E-state index contributed by atoms with van der Waals surface area (Å²) in [5.41, 5.74) is 2.30. The van der Waals surface area contributed by atoms with E-state index in [-0.39, 0.29) is 64.7 Å². The molecule has 62 heavy (non-hydrogen) atoms. The maximum absolute atomic E-state index is 4.76. The van der Waals surface area contributed by atoms with E-state index in [2.05, 4.69) is 116 Å². The SMILES string of the molecule is CC(C)(C)[B-](c1ccc([B-](n2cccn2)(n2cccn2)C(C)(C)C)cc1)(n1cccn1)n1cccn1.C[N-]C.C[N-]C.C[N-]C.C[N-]C.C[N-]C.C[N-]C.ClCCl.ClCCl.[Ti+4].[Ti+4]. The number of hydrogen-bond acceptors (Lipinski definition) is 4. The number of aromatic nitrogens is 8. The molecule has 1 aromatic carbocycles. The molecular weight excluding hydrogens is 936 g/mol. The standard InChI is InChI=1S/C26H34B2N8.6C2H6N.2CH2Cl2.2Ti/c1-25(2,3)27(33-19-7-15-29-33,34-20-8-16-30-34)23-11-13-24(14-12-23)28(26(4,5)6,35-21-9-17-31-35)36-22-10-18-32-36;6*1-3-2;2*2-1-3;;/h7-22H,1-6H3;6*1-2H3;2*1H2;;/q-2;6*-1;;;2*+4. The van der Waals surface area contributed by atoms with E-state index in [9.17, 15) is 0 Å². The average molecular weight is 1010 g/mol. The van der Waals surface area contributed by atoms with Crippen molar-refractivity contribution in [2.75, 3.05) is 95.3 Å². The summed E-state index contributed by atoms with van der Waals surface area (Å²) in [5.74, 6) is 0. The molecule has 346 valence electrons. The Kier molecular flexibility index (Phi) is 50.5. The molecule has 0 spiro atoms. The van der Waals surface area contributed by atoms with E-state index in [1.165, 1.54) is 0 Å². The Morgan fingerprint density at radius 2 is 0.548 bits per heavy atom. The van der Waals surface area contributed by atoms with Gasteiger partial charge in [0.25, 0.3) is 12.8 Å². The Hall–Kier alpha value is -1.46. The zero-order valence-electron chi connectivity index (χ0n) is 40.6. The first-order chi connectivity index (χ1) is 28.4. The smallest absolute Gasteiger partial charge is 0.668 e. The van der Waals surface area contributed by atoms with Crippen molar-refractivity contribution in [3.05, 3.63) is 130 Å².